The predicted octanol–water partition coefficient (Wildman–Crippen LogP) is 3.44. The standard InChI is InChI=1S/C20H22N2O5S/c1-4-26-12-16-15-7-5-6-8-17(15)27-19(16)20(23)22-14-10-9-13(2)18(11-14)28(24,25)21-3/h5-11,21H,4,12H2,1-3H3,(H,22,23). The zero-order valence-electron chi connectivity index (χ0n) is 15.9. The Bertz CT molecular complexity index is 1120. The van der Waals surface area contributed by atoms with Gasteiger partial charge in [-0.05, 0) is 44.7 Å². The van der Waals surface area contributed by atoms with E-state index in [-0.39, 0.29) is 17.3 Å². The smallest absolute Gasteiger partial charge is 0.291 e. The number of nitrogens with one attached hydrogen (secondary N) is 2. The lowest BCUT2D eigenvalue weighted by Gasteiger charge is -2.10. The Balaban J connectivity index is 1.97. The summed E-state index contributed by atoms with van der Waals surface area (Å²) in [6, 6.07) is 12.0. The molecule has 3 rings (SSSR count). The van der Waals surface area contributed by atoms with Crippen molar-refractivity contribution in [2.45, 2.75) is 25.3 Å². The monoisotopic (exact) mass is 402 g/mol. The van der Waals surface area contributed by atoms with Crippen molar-refractivity contribution in [2.75, 3.05) is 19.0 Å². The number of furan rings is 1. The maximum Gasteiger partial charge on any atom is 0.291 e. The Kier molecular flexibility index (Phi) is 5.83. The van der Waals surface area contributed by atoms with Crippen molar-refractivity contribution < 1.29 is 22.4 Å². The molecule has 2 N–H and O–H groups in total. The van der Waals surface area contributed by atoms with E-state index in [1.54, 1.807) is 25.1 Å². The highest BCUT2D eigenvalue weighted by Crippen LogP contribution is 2.28. The molecule has 28 heavy (non-hydrogen) atoms. The molecule has 0 unspecified atom stereocenters. The third-order valence-electron chi connectivity index (χ3n) is 4.36. The van der Waals surface area contributed by atoms with Crippen LogP contribution >= 0.6 is 0 Å². The van der Waals surface area contributed by atoms with Gasteiger partial charge >= 0.3 is 0 Å². The van der Waals surface area contributed by atoms with Gasteiger partial charge in [0.05, 0.1) is 11.5 Å². The molecule has 0 radical (unpaired) electrons. The summed E-state index contributed by atoms with van der Waals surface area (Å²) >= 11 is 0. The third-order valence-corrected chi connectivity index (χ3v) is 5.92. The lowest BCUT2D eigenvalue weighted by Crippen LogP contribution is -2.20. The number of rotatable bonds is 7. The summed E-state index contributed by atoms with van der Waals surface area (Å²) in [5.41, 5.74) is 2.18. The summed E-state index contributed by atoms with van der Waals surface area (Å²) in [6.07, 6.45) is 0. The quantitative estimate of drug-likeness (QED) is 0.631. The zero-order chi connectivity index (χ0) is 20.3. The van der Waals surface area contributed by atoms with E-state index in [9.17, 15) is 13.2 Å². The number of para-hydroxylation sites is 1. The molecule has 0 saturated carbocycles. The van der Waals surface area contributed by atoms with Gasteiger partial charge in [0.25, 0.3) is 5.91 Å². The lowest BCUT2D eigenvalue weighted by atomic mass is 10.1. The molecule has 8 heteroatoms. The van der Waals surface area contributed by atoms with Crippen LogP contribution in [0.1, 0.15) is 28.6 Å². The second-order valence-electron chi connectivity index (χ2n) is 6.18. The minimum atomic E-state index is -3.64. The molecule has 0 aliphatic rings. The average Bonchev–Trinajstić information content (AvgIpc) is 3.06. The van der Waals surface area contributed by atoms with Crippen LogP contribution in [-0.2, 0) is 21.4 Å². The van der Waals surface area contributed by atoms with Crippen LogP contribution in [0.15, 0.2) is 51.8 Å². The van der Waals surface area contributed by atoms with Crippen molar-refractivity contribution in [1.82, 2.24) is 4.72 Å². The van der Waals surface area contributed by atoms with Gasteiger partial charge in [0.15, 0.2) is 5.76 Å². The highest BCUT2D eigenvalue weighted by molar-refractivity contribution is 7.89. The molecule has 0 aliphatic carbocycles. The molecule has 1 heterocycles. The number of hydrogen-bond acceptors (Lipinski definition) is 5. The fraction of sp³-hybridized carbons (Fsp3) is 0.250. The molecule has 148 valence electrons. The molecule has 0 aliphatic heterocycles. The number of carbonyl (C=O) groups excluding carboxylic acids is 1. The fourth-order valence-corrected chi connectivity index (χ4v) is 3.89. The highest BCUT2D eigenvalue weighted by atomic mass is 32.2. The van der Waals surface area contributed by atoms with E-state index in [2.05, 4.69) is 10.0 Å². The topological polar surface area (TPSA) is 97.6 Å². The lowest BCUT2D eigenvalue weighted by molar-refractivity contribution is 0.0984. The van der Waals surface area contributed by atoms with Gasteiger partial charge in [-0.3, -0.25) is 4.79 Å². The van der Waals surface area contributed by atoms with Gasteiger partial charge in [-0.1, -0.05) is 24.3 Å². The third kappa shape index (κ3) is 3.94. The van der Waals surface area contributed by atoms with E-state index in [1.807, 2.05) is 25.1 Å². The summed E-state index contributed by atoms with van der Waals surface area (Å²) in [5, 5.41) is 3.53. The van der Waals surface area contributed by atoms with Gasteiger partial charge in [-0.15, -0.1) is 0 Å². The van der Waals surface area contributed by atoms with Crippen LogP contribution in [0.2, 0.25) is 0 Å². The molecular weight excluding hydrogens is 380 g/mol. The number of hydrogen-bond donors (Lipinski definition) is 2. The van der Waals surface area contributed by atoms with E-state index in [0.717, 1.165) is 5.39 Å². The van der Waals surface area contributed by atoms with E-state index >= 15 is 0 Å². The fourth-order valence-electron chi connectivity index (χ4n) is 2.89. The Morgan fingerprint density at radius 1 is 1.18 bits per heavy atom. The molecule has 0 saturated heterocycles. The van der Waals surface area contributed by atoms with E-state index < -0.39 is 15.9 Å². The molecule has 0 atom stereocenters. The molecule has 0 spiro atoms. The van der Waals surface area contributed by atoms with Gasteiger partial charge in [-0.2, -0.15) is 0 Å². The van der Waals surface area contributed by atoms with E-state index in [4.69, 9.17) is 9.15 Å². The molecule has 3 aromatic rings. The Morgan fingerprint density at radius 2 is 1.93 bits per heavy atom. The number of ether oxygens (including phenoxy) is 1. The van der Waals surface area contributed by atoms with Crippen LogP contribution in [0.3, 0.4) is 0 Å². The minimum absolute atomic E-state index is 0.104. The van der Waals surface area contributed by atoms with Crippen molar-refractivity contribution in [1.29, 1.82) is 0 Å². The number of anilines is 1. The normalized spacial score (nSPS) is 11.7. The van der Waals surface area contributed by atoms with Crippen LogP contribution in [0.25, 0.3) is 11.0 Å². The molecule has 7 nitrogen and oxygen atoms in total. The molecular formula is C20H22N2O5S. The Morgan fingerprint density at radius 3 is 2.64 bits per heavy atom. The SMILES string of the molecule is CCOCc1c(C(=O)Nc2ccc(C)c(S(=O)(=O)NC)c2)oc2ccccc12. The molecule has 0 bridgehead atoms. The maximum absolute atomic E-state index is 12.9. The van der Waals surface area contributed by atoms with Gasteiger partial charge in [0, 0.05) is 23.2 Å². The van der Waals surface area contributed by atoms with Gasteiger partial charge in [0.1, 0.15) is 5.58 Å². The first-order valence-corrected chi connectivity index (χ1v) is 10.3. The number of carbonyl (C=O) groups is 1. The number of amides is 1. The summed E-state index contributed by atoms with van der Waals surface area (Å²) in [5.74, 6) is -0.323. The van der Waals surface area contributed by atoms with Crippen molar-refractivity contribution in [3.8, 4) is 0 Å². The Labute approximate surface area is 163 Å². The van der Waals surface area contributed by atoms with E-state index in [0.29, 0.717) is 29.0 Å². The predicted molar refractivity (Wildman–Crippen MR) is 107 cm³/mol. The van der Waals surface area contributed by atoms with E-state index in [1.165, 1.54) is 13.1 Å². The van der Waals surface area contributed by atoms with Crippen molar-refractivity contribution >= 4 is 32.6 Å². The summed E-state index contributed by atoms with van der Waals surface area (Å²) in [6.45, 7) is 4.31. The highest BCUT2D eigenvalue weighted by Gasteiger charge is 2.22. The summed E-state index contributed by atoms with van der Waals surface area (Å²) in [4.78, 5) is 13.0. The second-order valence-corrected chi connectivity index (χ2v) is 8.04. The van der Waals surface area contributed by atoms with Gasteiger partial charge < -0.3 is 14.5 Å². The maximum atomic E-state index is 12.9. The second kappa shape index (κ2) is 8.14. The minimum Gasteiger partial charge on any atom is -0.451 e. The van der Waals surface area contributed by atoms with Crippen LogP contribution < -0.4 is 10.0 Å². The number of fused-ring (bicyclic) bond motifs is 1. The zero-order valence-corrected chi connectivity index (χ0v) is 16.7. The largest absolute Gasteiger partial charge is 0.451 e. The van der Waals surface area contributed by atoms with Crippen LogP contribution in [0, 0.1) is 6.92 Å². The Hall–Kier alpha value is -2.68. The van der Waals surface area contributed by atoms with Crippen molar-refractivity contribution in [3.05, 3.63) is 59.4 Å². The number of sulfonamides is 1. The first-order valence-electron chi connectivity index (χ1n) is 8.81. The molecule has 1 aromatic heterocycles. The first kappa shape index (κ1) is 20.1. The number of benzene rings is 2. The first-order chi connectivity index (χ1) is 13.4. The van der Waals surface area contributed by atoms with Gasteiger partial charge in [0.2, 0.25) is 10.0 Å². The summed E-state index contributed by atoms with van der Waals surface area (Å²) < 4.78 is 37.9. The molecule has 1 amide bonds. The molecule has 2 aromatic carbocycles. The van der Waals surface area contributed by atoms with Crippen LogP contribution in [-0.4, -0.2) is 28.0 Å². The van der Waals surface area contributed by atoms with Crippen LogP contribution in [0.4, 0.5) is 5.69 Å². The molecule has 0 fully saturated rings. The number of aryl methyl sites for hydroxylation is 1. The average molecular weight is 402 g/mol. The van der Waals surface area contributed by atoms with Crippen molar-refractivity contribution in [3.63, 3.8) is 0 Å². The van der Waals surface area contributed by atoms with Crippen LogP contribution in [0.5, 0.6) is 0 Å². The van der Waals surface area contributed by atoms with Crippen molar-refractivity contribution in [2.24, 2.45) is 0 Å². The van der Waals surface area contributed by atoms with Gasteiger partial charge in [-0.25, -0.2) is 13.1 Å². The summed E-state index contributed by atoms with van der Waals surface area (Å²) in [7, 11) is -2.30.